The second kappa shape index (κ2) is 10.6. The number of carbonyl (C=O) groups excluding carboxylic acids is 1. The Kier molecular flexibility index (Phi) is 7.00. The molecule has 0 radical (unpaired) electrons. The first-order chi connectivity index (χ1) is 19.3. The van der Waals surface area contributed by atoms with Crippen molar-refractivity contribution in [3.63, 3.8) is 0 Å². The molecule has 0 saturated heterocycles. The maximum Gasteiger partial charge on any atom is 0.260 e. The van der Waals surface area contributed by atoms with Gasteiger partial charge in [-0.25, -0.2) is 13.4 Å². The summed E-state index contributed by atoms with van der Waals surface area (Å²) in [6.07, 6.45) is 0.682. The van der Waals surface area contributed by atoms with E-state index in [9.17, 15) is 13.2 Å². The van der Waals surface area contributed by atoms with Crippen LogP contribution >= 0.6 is 11.3 Å². The van der Waals surface area contributed by atoms with Crippen LogP contribution in [0.1, 0.15) is 38.2 Å². The van der Waals surface area contributed by atoms with E-state index < -0.39 is 10.0 Å². The molecule has 0 spiro atoms. The van der Waals surface area contributed by atoms with Crippen molar-refractivity contribution in [2.24, 2.45) is 0 Å². The molecular weight excluding hydrogens is 539 g/mol. The van der Waals surface area contributed by atoms with Crippen LogP contribution in [-0.2, 0) is 29.5 Å². The van der Waals surface area contributed by atoms with Crippen molar-refractivity contribution in [1.82, 2.24) is 9.29 Å². The highest BCUT2D eigenvalue weighted by Crippen LogP contribution is 2.34. The lowest BCUT2D eigenvalue weighted by Crippen LogP contribution is -2.36. The topological polar surface area (TPSA) is 70.6 Å². The van der Waals surface area contributed by atoms with E-state index in [2.05, 4.69) is 19.1 Å². The van der Waals surface area contributed by atoms with Crippen molar-refractivity contribution < 1.29 is 13.2 Å². The Morgan fingerprint density at radius 3 is 2.38 bits per heavy atom. The lowest BCUT2D eigenvalue weighted by molar-refractivity contribution is 0.0985. The molecule has 6 nitrogen and oxygen atoms in total. The van der Waals surface area contributed by atoms with Gasteiger partial charge in [0, 0.05) is 18.7 Å². The highest BCUT2D eigenvalue weighted by molar-refractivity contribution is 7.89. The van der Waals surface area contributed by atoms with Gasteiger partial charge in [0.05, 0.1) is 21.7 Å². The fourth-order valence-electron chi connectivity index (χ4n) is 5.22. The third-order valence-electron chi connectivity index (χ3n) is 7.30. The Morgan fingerprint density at radius 2 is 1.62 bits per heavy atom. The van der Waals surface area contributed by atoms with Crippen molar-refractivity contribution in [3.05, 3.63) is 124 Å². The van der Waals surface area contributed by atoms with Crippen LogP contribution in [0.4, 0.5) is 5.13 Å². The van der Waals surface area contributed by atoms with Crippen LogP contribution in [-0.4, -0.2) is 30.2 Å². The number of aryl methyl sites for hydroxylation is 2. The normalized spacial score (nSPS) is 13.8. The predicted octanol–water partition coefficient (Wildman–Crippen LogP) is 6.51. The summed E-state index contributed by atoms with van der Waals surface area (Å²) in [5.41, 5.74) is 6.72. The van der Waals surface area contributed by atoms with Gasteiger partial charge >= 0.3 is 0 Å². The average Bonchev–Trinajstić information content (AvgIpc) is 3.40. The number of amides is 1. The summed E-state index contributed by atoms with van der Waals surface area (Å²) in [5.74, 6) is -0.229. The van der Waals surface area contributed by atoms with Crippen molar-refractivity contribution in [2.75, 3.05) is 11.4 Å². The van der Waals surface area contributed by atoms with Crippen LogP contribution in [0, 0.1) is 13.8 Å². The van der Waals surface area contributed by atoms with Gasteiger partial charge in [-0.2, -0.15) is 4.31 Å². The molecule has 202 valence electrons. The summed E-state index contributed by atoms with van der Waals surface area (Å²) < 4.78 is 29.5. The first kappa shape index (κ1) is 26.4. The van der Waals surface area contributed by atoms with Gasteiger partial charge in [-0.1, -0.05) is 72.0 Å². The molecule has 0 aliphatic carbocycles. The molecule has 4 aromatic carbocycles. The molecule has 0 fully saturated rings. The minimum absolute atomic E-state index is 0.184. The highest BCUT2D eigenvalue weighted by atomic mass is 32.2. The van der Waals surface area contributed by atoms with E-state index in [1.165, 1.54) is 33.3 Å². The molecule has 0 bridgehead atoms. The summed E-state index contributed by atoms with van der Waals surface area (Å²) in [7, 11) is -3.70. The van der Waals surface area contributed by atoms with E-state index in [0.717, 1.165) is 32.5 Å². The Labute approximate surface area is 238 Å². The Hall–Kier alpha value is -3.85. The van der Waals surface area contributed by atoms with Crippen LogP contribution in [0.5, 0.6) is 0 Å². The first-order valence-electron chi connectivity index (χ1n) is 13.2. The number of aromatic nitrogens is 1. The number of hydrogen-bond acceptors (Lipinski definition) is 5. The number of anilines is 1. The van der Waals surface area contributed by atoms with Gasteiger partial charge in [-0.05, 0) is 78.4 Å². The molecule has 1 aliphatic rings. The van der Waals surface area contributed by atoms with E-state index in [0.29, 0.717) is 36.8 Å². The standard InChI is InChI=1S/C32H29N3O3S2/c1-22-18-23(2)30-29(19-22)33-32(39-30)35(20-24-8-4-3-5-9-24)31(36)26-12-14-28(15-13-26)40(37,38)34-17-16-25-10-6-7-11-27(25)21-34/h3-15,18-19H,16-17,20-21H2,1-2H3. The summed E-state index contributed by atoms with van der Waals surface area (Å²) in [6.45, 7) is 5.23. The third-order valence-corrected chi connectivity index (χ3v) is 10.4. The van der Waals surface area contributed by atoms with Crippen molar-refractivity contribution in [3.8, 4) is 0 Å². The molecule has 1 amide bonds. The van der Waals surface area contributed by atoms with Crippen molar-refractivity contribution >= 4 is 42.6 Å². The molecule has 40 heavy (non-hydrogen) atoms. The van der Waals surface area contributed by atoms with E-state index in [-0.39, 0.29) is 10.8 Å². The van der Waals surface area contributed by atoms with Gasteiger partial charge in [0.15, 0.2) is 5.13 Å². The number of fused-ring (bicyclic) bond motifs is 2. The average molecular weight is 568 g/mol. The molecule has 6 rings (SSSR count). The van der Waals surface area contributed by atoms with Crippen LogP contribution < -0.4 is 4.90 Å². The minimum Gasteiger partial charge on any atom is -0.279 e. The first-order valence-corrected chi connectivity index (χ1v) is 15.5. The summed E-state index contributed by atoms with van der Waals surface area (Å²) in [5, 5.41) is 0.612. The number of benzene rings is 4. The third kappa shape index (κ3) is 5.06. The zero-order valence-electron chi connectivity index (χ0n) is 22.4. The van der Waals surface area contributed by atoms with Crippen LogP contribution in [0.2, 0.25) is 0 Å². The minimum atomic E-state index is -3.70. The van der Waals surface area contributed by atoms with Crippen LogP contribution in [0.3, 0.4) is 0 Å². The molecular formula is C32H29N3O3S2. The molecule has 1 aliphatic heterocycles. The smallest absolute Gasteiger partial charge is 0.260 e. The molecule has 0 N–H and O–H groups in total. The molecule has 1 aromatic heterocycles. The zero-order valence-corrected chi connectivity index (χ0v) is 24.0. The second-order valence-corrected chi connectivity index (χ2v) is 13.1. The van der Waals surface area contributed by atoms with Gasteiger partial charge in [0.2, 0.25) is 10.0 Å². The van der Waals surface area contributed by atoms with Crippen LogP contribution in [0.15, 0.2) is 95.9 Å². The Bertz CT molecular complexity index is 1810. The summed E-state index contributed by atoms with van der Waals surface area (Å²) >= 11 is 1.49. The fraction of sp³-hybridized carbons (Fsp3) is 0.188. The quantitative estimate of drug-likeness (QED) is 0.235. The molecule has 8 heteroatoms. The van der Waals surface area contributed by atoms with Gasteiger partial charge in [0.25, 0.3) is 5.91 Å². The Balaban J connectivity index is 1.30. The second-order valence-electron chi connectivity index (χ2n) is 10.2. The van der Waals surface area contributed by atoms with Gasteiger partial charge in [-0.3, -0.25) is 9.69 Å². The van der Waals surface area contributed by atoms with E-state index in [1.54, 1.807) is 17.0 Å². The number of nitrogens with zero attached hydrogens (tertiary/aromatic N) is 3. The lowest BCUT2D eigenvalue weighted by Gasteiger charge is -2.28. The number of carbonyl (C=O) groups is 1. The van der Waals surface area contributed by atoms with Crippen molar-refractivity contribution in [2.45, 2.75) is 38.3 Å². The summed E-state index contributed by atoms with van der Waals surface area (Å²) in [4.78, 5) is 20.6. The lowest BCUT2D eigenvalue weighted by atomic mass is 10.0. The SMILES string of the molecule is Cc1cc(C)c2sc(N(Cc3ccccc3)C(=O)c3ccc(S(=O)(=O)N4CCc5ccccc5C4)cc3)nc2c1. The summed E-state index contributed by atoms with van der Waals surface area (Å²) in [6, 6.07) is 28.2. The number of thiazole rings is 1. The van der Waals surface area contributed by atoms with Crippen LogP contribution in [0.25, 0.3) is 10.2 Å². The Morgan fingerprint density at radius 1 is 0.925 bits per heavy atom. The maximum absolute atomic E-state index is 13.9. The molecule has 2 heterocycles. The van der Waals surface area contributed by atoms with E-state index >= 15 is 0 Å². The van der Waals surface area contributed by atoms with E-state index in [1.807, 2.05) is 61.5 Å². The molecule has 0 saturated carbocycles. The van der Waals surface area contributed by atoms with E-state index in [4.69, 9.17) is 4.98 Å². The zero-order chi connectivity index (χ0) is 27.9. The highest BCUT2D eigenvalue weighted by Gasteiger charge is 2.29. The van der Waals surface area contributed by atoms with Gasteiger partial charge < -0.3 is 0 Å². The monoisotopic (exact) mass is 567 g/mol. The van der Waals surface area contributed by atoms with Gasteiger partial charge in [0.1, 0.15) is 0 Å². The predicted molar refractivity (Wildman–Crippen MR) is 160 cm³/mol. The largest absolute Gasteiger partial charge is 0.279 e. The molecule has 0 atom stereocenters. The number of hydrogen-bond donors (Lipinski definition) is 0. The number of rotatable bonds is 6. The molecule has 5 aromatic rings. The molecule has 0 unspecified atom stereocenters. The van der Waals surface area contributed by atoms with Crippen molar-refractivity contribution in [1.29, 1.82) is 0 Å². The fourth-order valence-corrected chi connectivity index (χ4v) is 7.65. The number of sulfonamides is 1. The maximum atomic E-state index is 13.9. The van der Waals surface area contributed by atoms with Gasteiger partial charge in [-0.15, -0.1) is 0 Å².